The number of fused-ring (bicyclic) bond motifs is 1. The van der Waals surface area contributed by atoms with Gasteiger partial charge in [-0.2, -0.15) is 0 Å². The molecule has 0 spiro atoms. The molecule has 7 nitrogen and oxygen atoms in total. The number of aromatic nitrogens is 2. The summed E-state index contributed by atoms with van der Waals surface area (Å²) in [6, 6.07) is 8.17. The lowest BCUT2D eigenvalue weighted by atomic mass is 10.3. The largest absolute Gasteiger partial charge is 0.379 e. The molecule has 1 aliphatic heterocycles. The van der Waals surface area contributed by atoms with E-state index in [1.54, 1.807) is 7.05 Å². The molecule has 3 rings (SSSR count). The minimum absolute atomic E-state index is 0. The zero-order chi connectivity index (χ0) is 16.8. The van der Waals surface area contributed by atoms with Crippen molar-refractivity contribution in [3.63, 3.8) is 0 Å². The first-order chi connectivity index (χ1) is 11.8. The number of morpholine rings is 1. The maximum absolute atomic E-state index is 5.36. The highest BCUT2D eigenvalue weighted by atomic mass is 127. The second-order valence-electron chi connectivity index (χ2n) is 5.88. The number of nitrogens with one attached hydrogen (secondary N) is 2. The molecule has 2 N–H and O–H groups in total. The fourth-order valence-electron chi connectivity index (χ4n) is 2.89. The molecule has 0 atom stereocenters. The molecule has 0 unspecified atom stereocenters. The van der Waals surface area contributed by atoms with Crippen LogP contribution >= 0.6 is 24.0 Å². The van der Waals surface area contributed by atoms with Crippen LogP contribution in [0.3, 0.4) is 0 Å². The average molecular weight is 458 g/mol. The van der Waals surface area contributed by atoms with E-state index in [4.69, 9.17) is 4.74 Å². The van der Waals surface area contributed by atoms with E-state index in [-0.39, 0.29) is 24.0 Å². The number of benzene rings is 1. The maximum Gasteiger partial charge on any atom is 0.191 e. The molecule has 0 saturated carbocycles. The smallest absolute Gasteiger partial charge is 0.191 e. The quantitative estimate of drug-likeness (QED) is 0.401. The summed E-state index contributed by atoms with van der Waals surface area (Å²) in [6.07, 6.45) is 0. The number of aliphatic imine (C=N–C) groups is 1. The highest BCUT2D eigenvalue weighted by Crippen LogP contribution is 2.13. The van der Waals surface area contributed by atoms with Crippen LogP contribution < -0.4 is 10.6 Å². The Morgan fingerprint density at radius 2 is 2.00 bits per heavy atom. The third kappa shape index (κ3) is 5.29. The molecule has 8 heteroatoms. The Balaban J connectivity index is 0.00000225. The highest BCUT2D eigenvalue weighted by molar-refractivity contribution is 14.0. The van der Waals surface area contributed by atoms with Gasteiger partial charge in [-0.15, -0.1) is 24.0 Å². The molecular formula is C17H27IN6O. The Hall–Kier alpha value is -1.39. The molecule has 0 radical (unpaired) electrons. The second-order valence-corrected chi connectivity index (χ2v) is 5.88. The van der Waals surface area contributed by atoms with Crippen molar-refractivity contribution in [1.82, 2.24) is 25.1 Å². The number of halogens is 1. The Labute approximate surface area is 165 Å². The molecule has 0 aliphatic carbocycles. The van der Waals surface area contributed by atoms with Crippen molar-refractivity contribution in [1.29, 1.82) is 0 Å². The van der Waals surface area contributed by atoms with Crippen LogP contribution in [0.25, 0.3) is 11.0 Å². The van der Waals surface area contributed by atoms with Crippen LogP contribution in [0.15, 0.2) is 29.3 Å². The lowest BCUT2D eigenvalue weighted by Crippen LogP contribution is -2.44. The van der Waals surface area contributed by atoms with Crippen molar-refractivity contribution in [2.45, 2.75) is 6.54 Å². The molecule has 1 fully saturated rings. The molecular weight excluding hydrogens is 431 g/mol. The fourth-order valence-corrected chi connectivity index (χ4v) is 2.89. The van der Waals surface area contributed by atoms with Gasteiger partial charge in [0.2, 0.25) is 0 Å². The van der Waals surface area contributed by atoms with Gasteiger partial charge in [-0.25, -0.2) is 4.98 Å². The molecule has 1 saturated heterocycles. The second kappa shape index (κ2) is 9.93. The van der Waals surface area contributed by atoms with Gasteiger partial charge >= 0.3 is 0 Å². The van der Waals surface area contributed by atoms with Crippen LogP contribution in [-0.4, -0.2) is 66.9 Å². The molecule has 1 aromatic carbocycles. The Morgan fingerprint density at radius 1 is 1.24 bits per heavy atom. The van der Waals surface area contributed by atoms with Gasteiger partial charge < -0.3 is 19.9 Å². The van der Waals surface area contributed by atoms with Crippen LogP contribution in [0.1, 0.15) is 5.82 Å². The molecule has 2 heterocycles. The topological polar surface area (TPSA) is 66.7 Å². The van der Waals surface area contributed by atoms with E-state index >= 15 is 0 Å². The lowest BCUT2D eigenvalue weighted by molar-refractivity contribution is 0.0389. The van der Waals surface area contributed by atoms with Gasteiger partial charge in [-0.05, 0) is 12.1 Å². The predicted octanol–water partition coefficient (Wildman–Crippen LogP) is 1.19. The van der Waals surface area contributed by atoms with Crippen LogP contribution in [0.2, 0.25) is 0 Å². The predicted molar refractivity (Wildman–Crippen MR) is 112 cm³/mol. The zero-order valence-electron chi connectivity index (χ0n) is 14.9. The minimum Gasteiger partial charge on any atom is -0.379 e. The third-order valence-corrected chi connectivity index (χ3v) is 4.34. The Morgan fingerprint density at radius 3 is 2.72 bits per heavy atom. The van der Waals surface area contributed by atoms with Crippen LogP contribution in [0, 0.1) is 0 Å². The SMILES string of the molecule is CN=C(NCCN1CCOCC1)NCc1nc2ccccc2n1C.I. The summed E-state index contributed by atoms with van der Waals surface area (Å²) in [5, 5.41) is 6.70. The molecule has 25 heavy (non-hydrogen) atoms. The number of imidazole rings is 1. The molecule has 138 valence electrons. The summed E-state index contributed by atoms with van der Waals surface area (Å²) >= 11 is 0. The van der Waals surface area contributed by atoms with Crippen molar-refractivity contribution in [3.05, 3.63) is 30.1 Å². The number of rotatable bonds is 5. The zero-order valence-corrected chi connectivity index (χ0v) is 17.2. The minimum atomic E-state index is 0. The number of aryl methyl sites for hydroxylation is 1. The monoisotopic (exact) mass is 458 g/mol. The number of guanidine groups is 1. The first kappa shape index (κ1) is 19.9. The van der Waals surface area contributed by atoms with Crippen LogP contribution in [-0.2, 0) is 18.3 Å². The van der Waals surface area contributed by atoms with E-state index in [0.717, 1.165) is 62.2 Å². The van der Waals surface area contributed by atoms with Crippen molar-refractivity contribution in [3.8, 4) is 0 Å². The molecule has 0 bridgehead atoms. The number of para-hydroxylation sites is 2. The van der Waals surface area contributed by atoms with Gasteiger partial charge in [-0.3, -0.25) is 9.89 Å². The highest BCUT2D eigenvalue weighted by Gasteiger charge is 2.10. The molecule has 0 amide bonds. The average Bonchev–Trinajstić information content (AvgIpc) is 2.95. The first-order valence-corrected chi connectivity index (χ1v) is 8.43. The number of ether oxygens (including phenoxy) is 1. The van der Waals surface area contributed by atoms with E-state index < -0.39 is 0 Å². The summed E-state index contributed by atoms with van der Waals surface area (Å²) in [5.41, 5.74) is 2.16. The van der Waals surface area contributed by atoms with E-state index in [0.29, 0.717) is 6.54 Å². The number of nitrogens with zero attached hydrogens (tertiary/aromatic N) is 4. The fraction of sp³-hybridized carbons (Fsp3) is 0.529. The maximum atomic E-state index is 5.36. The van der Waals surface area contributed by atoms with Crippen LogP contribution in [0.4, 0.5) is 0 Å². The van der Waals surface area contributed by atoms with E-state index in [2.05, 4.69) is 36.1 Å². The summed E-state index contributed by atoms with van der Waals surface area (Å²) in [5.74, 6) is 1.79. The summed E-state index contributed by atoms with van der Waals surface area (Å²) in [6.45, 7) is 6.18. The summed E-state index contributed by atoms with van der Waals surface area (Å²) in [4.78, 5) is 11.3. The van der Waals surface area contributed by atoms with Crippen molar-refractivity contribution >= 4 is 41.0 Å². The van der Waals surface area contributed by atoms with Crippen LogP contribution in [0.5, 0.6) is 0 Å². The number of hydrogen-bond donors (Lipinski definition) is 2. The van der Waals surface area contributed by atoms with Gasteiger partial charge in [-0.1, -0.05) is 12.1 Å². The van der Waals surface area contributed by atoms with E-state index in [1.807, 2.05) is 25.2 Å². The Kier molecular flexibility index (Phi) is 7.91. The molecule has 1 aliphatic rings. The van der Waals surface area contributed by atoms with Gasteiger partial charge in [0.1, 0.15) is 5.82 Å². The Bertz CT molecular complexity index is 696. The van der Waals surface area contributed by atoms with E-state index in [9.17, 15) is 0 Å². The summed E-state index contributed by atoms with van der Waals surface area (Å²) < 4.78 is 7.48. The molecule has 2 aromatic rings. The van der Waals surface area contributed by atoms with E-state index in [1.165, 1.54) is 0 Å². The van der Waals surface area contributed by atoms with Gasteiger partial charge in [0, 0.05) is 40.3 Å². The van der Waals surface area contributed by atoms with Crippen molar-refractivity contribution in [2.24, 2.45) is 12.0 Å². The van der Waals surface area contributed by atoms with Gasteiger partial charge in [0.25, 0.3) is 0 Å². The summed E-state index contributed by atoms with van der Waals surface area (Å²) in [7, 11) is 3.83. The lowest BCUT2D eigenvalue weighted by Gasteiger charge is -2.26. The normalized spacial score (nSPS) is 15.8. The first-order valence-electron chi connectivity index (χ1n) is 8.43. The van der Waals surface area contributed by atoms with Gasteiger partial charge in [0.05, 0.1) is 30.8 Å². The van der Waals surface area contributed by atoms with Crippen molar-refractivity contribution < 1.29 is 4.74 Å². The van der Waals surface area contributed by atoms with Gasteiger partial charge in [0.15, 0.2) is 5.96 Å². The van der Waals surface area contributed by atoms with Crippen molar-refractivity contribution in [2.75, 3.05) is 46.4 Å². The standard InChI is InChI=1S/C17H26N6O.HI/c1-18-17(19-7-8-23-9-11-24-12-10-23)20-13-16-21-14-5-3-4-6-15(14)22(16)2;/h3-6H,7-13H2,1-2H3,(H2,18,19,20);1H. The molecule has 1 aromatic heterocycles. The third-order valence-electron chi connectivity index (χ3n) is 4.34. The number of hydrogen-bond acceptors (Lipinski definition) is 4.